The van der Waals surface area contributed by atoms with Gasteiger partial charge in [-0.25, -0.2) is 0 Å². The Kier molecular flexibility index (Phi) is 5.06. The van der Waals surface area contributed by atoms with E-state index in [1.165, 1.54) is 98.8 Å². The van der Waals surface area contributed by atoms with Crippen LogP contribution in [0.15, 0.2) is 133 Å². The molecule has 4 heterocycles. The molecule has 0 aliphatic carbocycles. The van der Waals surface area contributed by atoms with Gasteiger partial charge in [-0.05, 0) is 72.4 Å². The lowest BCUT2D eigenvalue weighted by atomic mass is 9.58. The van der Waals surface area contributed by atoms with E-state index in [1.54, 1.807) is 0 Å². The first kappa shape index (κ1) is 26.1. The van der Waals surface area contributed by atoms with Gasteiger partial charge in [-0.3, -0.25) is 0 Å². The minimum absolute atomic E-state index is 0.879. The van der Waals surface area contributed by atoms with E-state index in [0.717, 1.165) is 18.7 Å². The molecule has 1 aliphatic heterocycles. The highest BCUT2D eigenvalue weighted by molar-refractivity contribution is 6.73. The number of nitrogens with one attached hydrogen (secondary N) is 1. The largest absolute Gasteiger partial charge is 0.355 e. The molecule has 1 N–H and O–H groups in total. The Morgan fingerprint density at radius 2 is 1.21 bits per heavy atom. The van der Waals surface area contributed by atoms with E-state index in [-0.39, 0.29) is 0 Å². The van der Waals surface area contributed by atoms with Crippen molar-refractivity contribution >= 4 is 89.5 Å². The van der Waals surface area contributed by atoms with Crippen molar-refractivity contribution in [3.63, 3.8) is 0 Å². The summed E-state index contributed by atoms with van der Waals surface area (Å²) in [5, 5.41) is 11.8. The van der Waals surface area contributed by atoms with Gasteiger partial charge in [0.1, 0.15) is 0 Å². The molecule has 0 radical (unpaired) electrons. The summed E-state index contributed by atoms with van der Waals surface area (Å²) in [6, 6.07) is 49.4. The van der Waals surface area contributed by atoms with Crippen molar-refractivity contribution in [3.05, 3.63) is 145 Å². The maximum atomic E-state index is 3.99. The maximum absolute atomic E-state index is 3.99. The van der Waals surface area contributed by atoms with Crippen LogP contribution in [-0.2, 0) is 0 Å². The Hall–Kier alpha value is -6.00. The highest BCUT2D eigenvalue weighted by Crippen LogP contribution is 2.48. The van der Waals surface area contributed by atoms with Crippen LogP contribution >= 0.6 is 0 Å². The van der Waals surface area contributed by atoms with Crippen molar-refractivity contribution in [1.82, 2.24) is 8.97 Å². The normalized spacial score (nSPS) is 12.5. The smallest absolute Gasteiger partial charge is 0.198 e. The minimum atomic E-state index is 0.879. The molecule has 0 saturated heterocycles. The van der Waals surface area contributed by atoms with Crippen LogP contribution in [0.25, 0.3) is 76.7 Å². The van der Waals surface area contributed by atoms with Gasteiger partial charge in [-0.15, -0.1) is 0 Å². The lowest BCUT2D eigenvalue weighted by Gasteiger charge is -2.26. The van der Waals surface area contributed by atoms with Gasteiger partial charge in [-0.2, -0.15) is 0 Å². The average Bonchev–Trinajstić information content (AvgIpc) is 3.75. The van der Waals surface area contributed by atoms with Crippen LogP contribution in [0, 0.1) is 13.8 Å². The molecule has 10 aromatic rings. The zero-order valence-corrected chi connectivity index (χ0v) is 26.8. The van der Waals surface area contributed by atoms with E-state index in [0.29, 0.717) is 0 Å². The van der Waals surface area contributed by atoms with Gasteiger partial charge in [0.25, 0.3) is 0 Å². The summed E-state index contributed by atoms with van der Waals surface area (Å²) in [6.07, 6.45) is 0. The van der Waals surface area contributed by atoms with Crippen LogP contribution in [0.1, 0.15) is 11.1 Å². The summed E-state index contributed by atoms with van der Waals surface area (Å²) >= 11 is 0. The number of aromatic nitrogens is 2. The summed E-state index contributed by atoms with van der Waals surface area (Å²) in [7, 11) is 0.879. The molecule has 48 heavy (non-hydrogen) atoms. The topological polar surface area (TPSA) is 21.4 Å². The monoisotopic (exact) mass is 611 g/mol. The molecule has 0 amide bonds. The summed E-state index contributed by atoms with van der Waals surface area (Å²) in [6.45, 7) is 4.44. The fourth-order valence-corrected chi connectivity index (χ4v) is 8.83. The Bertz CT molecular complexity index is 2980. The number of rotatable bonds is 3. The van der Waals surface area contributed by atoms with Crippen LogP contribution < -0.4 is 16.2 Å². The lowest BCUT2D eigenvalue weighted by Crippen LogP contribution is -2.37. The van der Waals surface area contributed by atoms with Gasteiger partial charge in [0.2, 0.25) is 0 Å². The number of hydrogen-bond acceptors (Lipinski definition) is 1. The molecule has 3 nitrogen and oxygen atoms in total. The summed E-state index contributed by atoms with van der Waals surface area (Å²) in [4.78, 5) is 0. The van der Waals surface area contributed by atoms with Gasteiger partial charge in [0.15, 0.2) is 7.28 Å². The lowest BCUT2D eigenvalue weighted by molar-refractivity contribution is 1.18. The fourth-order valence-electron chi connectivity index (χ4n) is 8.83. The molecule has 3 aromatic heterocycles. The van der Waals surface area contributed by atoms with Crippen molar-refractivity contribution in [2.75, 3.05) is 5.32 Å². The first-order chi connectivity index (χ1) is 23.7. The highest BCUT2D eigenvalue weighted by Gasteiger charge is 2.29. The third-order valence-electron chi connectivity index (χ3n) is 10.8. The fraction of sp³-hybridized carbons (Fsp3) is 0.0455. The van der Waals surface area contributed by atoms with Crippen molar-refractivity contribution < 1.29 is 0 Å². The summed E-state index contributed by atoms with van der Waals surface area (Å²) < 4.78 is 5.03. The van der Waals surface area contributed by atoms with E-state index in [4.69, 9.17) is 0 Å². The van der Waals surface area contributed by atoms with Crippen molar-refractivity contribution in [3.8, 4) is 16.8 Å². The van der Waals surface area contributed by atoms with E-state index in [2.05, 4.69) is 162 Å². The highest BCUT2D eigenvalue weighted by atomic mass is 15.0. The zero-order chi connectivity index (χ0) is 31.7. The molecule has 0 unspecified atom stereocenters. The second kappa shape index (κ2) is 9.30. The van der Waals surface area contributed by atoms with Crippen molar-refractivity contribution in [2.24, 2.45) is 0 Å². The minimum Gasteiger partial charge on any atom is -0.355 e. The molecule has 0 spiro atoms. The predicted molar refractivity (Wildman–Crippen MR) is 206 cm³/mol. The van der Waals surface area contributed by atoms with Gasteiger partial charge in [0, 0.05) is 60.5 Å². The molecule has 4 heteroatoms. The van der Waals surface area contributed by atoms with E-state index in [9.17, 15) is 0 Å². The van der Waals surface area contributed by atoms with Crippen LogP contribution in [0.2, 0.25) is 0 Å². The molecule has 0 bridgehead atoms. The van der Waals surface area contributed by atoms with E-state index in [1.807, 2.05) is 0 Å². The quantitative estimate of drug-likeness (QED) is 0.198. The molecule has 7 aromatic carbocycles. The number of aryl methyl sites for hydroxylation is 2. The molecule has 0 saturated carbocycles. The number of para-hydroxylation sites is 5. The van der Waals surface area contributed by atoms with Gasteiger partial charge >= 0.3 is 0 Å². The predicted octanol–water partition coefficient (Wildman–Crippen LogP) is 9.66. The molecular formula is C44H30BN3. The second-order valence-corrected chi connectivity index (χ2v) is 13.5. The number of hydrogen-bond donors (Lipinski definition) is 1. The second-order valence-electron chi connectivity index (χ2n) is 13.5. The van der Waals surface area contributed by atoms with Gasteiger partial charge in [0.05, 0.1) is 22.1 Å². The summed E-state index contributed by atoms with van der Waals surface area (Å²) in [5.74, 6) is 0. The Labute approximate surface area is 278 Å². The molecule has 0 fully saturated rings. The SMILES string of the molecule is Cc1cc(-c2c(Nc3ccccc3C)cc3c4ccccc4n4c5ccccc5c2c34)c2c(c1)-n1c3ccccc3c3cccc(c31)B2. The Balaban J connectivity index is 1.33. The Morgan fingerprint density at radius 3 is 2.02 bits per heavy atom. The molecule has 11 rings (SSSR count). The number of fused-ring (bicyclic) bond motifs is 11. The van der Waals surface area contributed by atoms with Gasteiger partial charge in [-0.1, -0.05) is 103 Å². The van der Waals surface area contributed by atoms with Crippen LogP contribution in [-0.4, -0.2) is 16.2 Å². The van der Waals surface area contributed by atoms with Crippen LogP contribution in [0.5, 0.6) is 0 Å². The van der Waals surface area contributed by atoms with Crippen molar-refractivity contribution in [1.29, 1.82) is 0 Å². The number of benzene rings is 7. The summed E-state index contributed by atoms with van der Waals surface area (Å²) in [5.41, 5.74) is 17.8. The molecule has 224 valence electrons. The molecule has 1 aliphatic rings. The maximum Gasteiger partial charge on any atom is 0.198 e. The molecular weight excluding hydrogens is 581 g/mol. The van der Waals surface area contributed by atoms with Crippen LogP contribution in [0.3, 0.4) is 0 Å². The third kappa shape index (κ3) is 3.29. The van der Waals surface area contributed by atoms with E-state index >= 15 is 0 Å². The van der Waals surface area contributed by atoms with E-state index < -0.39 is 0 Å². The number of nitrogens with zero attached hydrogens (tertiary/aromatic N) is 2. The first-order valence-electron chi connectivity index (χ1n) is 16.8. The van der Waals surface area contributed by atoms with Crippen LogP contribution in [0.4, 0.5) is 11.4 Å². The molecule has 0 atom stereocenters. The van der Waals surface area contributed by atoms with Gasteiger partial charge < -0.3 is 14.3 Å². The van der Waals surface area contributed by atoms with Crippen molar-refractivity contribution in [2.45, 2.75) is 13.8 Å². The Morgan fingerprint density at radius 1 is 0.542 bits per heavy atom. The zero-order valence-electron chi connectivity index (χ0n) is 26.8. The average molecular weight is 612 g/mol. The standard InChI is InChI=1S/C44H30BN3/c1-25-22-32(42-39(23-25)48-36-19-8-4-13-27(36)29-16-11-17-33(45-42)43(29)48)40-35(46-34-18-7-3-12-26(34)2)24-31-28-14-5-9-20-37(28)47-38-21-10-6-15-30(38)41(40)44(31)47/h3-24,45-46H,1-2H3. The number of anilines is 2. The first-order valence-corrected chi connectivity index (χ1v) is 16.8. The third-order valence-corrected chi connectivity index (χ3v) is 10.8.